The number of aliphatic hydroxyl groups is 1. The van der Waals surface area contributed by atoms with Crippen molar-refractivity contribution in [1.29, 1.82) is 0 Å². The number of nitrogens with one attached hydrogen (secondary N) is 1. The molecular formula is C14H24N2O3S2. The van der Waals surface area contributed by atoms with E-state index in [0.29, 0.717) is 17.5 Å². The second-order valence-electron chi connectivity index (χ2n) is 5.26. The van der Waals surface area contributed by atoms with Crippen LogP contribution in [0.15, 0.2) is 17.2 Å². The summed E-state index contributed by atoms with van der Waals surface area (Å²) in [5.41, 5.74) is 0.629. The van der Waals surface area contributed by atoms with Gasteiger partial charge in [-0.15, -0.1) is 0 Å². The summed E-state index contributed by atoms with van der Waals surface area (Å²) in [5.74, 6) is 1.00. The molecule has 2 atom stereocenters. The van der Waals surface area contributed by atoms with Crippen molar-refractivity contribution in [3.05, 3.63) is 18.0 Å². The molecule has 5 nitrogen and oxygen atoms in total. The molecule has 2 unspecified atom stereocenters. The van der Waals surface area contributed by atoms with Crippen LogP contribution >= 0.6 is 11.8 Å². The van der Waals surface area contributed by atoms with Gasteiger partial charge in [0.2, 0.25) is 10.0 Å². The maximum absolute atomic E-state index is 12.5. The van der Waals surface area contributed by atoms with E-state index in [-0.39, 0.29) is 17.5 Å². The first kappa shape index (κ1) is 16.9. The van der Waals surface area contributed by atoms with E-state index in [2.05, 4.69) is 11.6 Å². The van der Waals surface area contributed by atoms with Gasteiger partial charge in [-0.25, -0.2) is 13.1 Å². The Morgan fingerprint density at radius 3 is 2.76 bits per heavy atom. The van der Waals surface area contributed by atoms with Gasteiger partial charge in [0.1, 0.15) is 0 Å². The minimum Gasteiger partial charge on any atom is -0.390 e. The van der Waals surface area contributed by atoms with E-state index in [4.69, 9.17) is 0 Å². The van der Waals surface area contributed by atoms with Crippen molar-refractivity contribution in [2.24, 2.45) is 0 Å². The van der Waals surface area contributed by atoms with Gasteiger partial charge in [0.25, 0.3) is 0 Å². The number of sulfonamides is 1. The Kier molecular flexibility index (Phi) is 5.76. The summed E-state index contributed by atoms with van der Waals surface area (Å²) in [6.07, 6.45) is 4.65. The molecule has 1 fully saturated rings. The molecule has 2 N–H and O–H groups in total. The first-order valence-electron chi connectivity index (χ1n) is 7.45. The molecule has 7 heteroatoms. The zero-order chi connectivity index (χ0) is 15.5. The Balaban J connectivity index is 2.16. The predicted molar refractivity (Wildman–Crippen MR) is 85.9 cm³/mol. The largest absolute Gasteiger partial charge is 0.390 e. The van der Waals surface area contributed by atoms with Crippen LogP contribution in [0.2, 0.25) is 0 Å². The molecule has 0 spiro atoms. The van der Waals surface area contributed by atoms with Crippen LogP contribution in [0.25, 0.3) is 0 Å². The lowest BCUT2D eigenvalue weighted by Crippen LogP contribution is -2.38. The van der Waals surface area contributed by atoms with Gasteiger partial charge < -0.3 is 9.67 Å². The molecule has 0 aliphatic heterocycles. The van der Waals surface area contributed by atoms with Gasteiger partial charge >= 0.3 is 0 Å². The van der Waals surface area contributed by atoms with Crippen molar-refractivity contribution in [1.82, 2.24) is 9.29 Å². The van der Waals surface area contributed by atoms with E-state index in [0.717, 1.165) is 25.0 Å². The Morgan fingerprint density at radius 2 is 2.19 bits per heavy atom. The minimum absolute atomic E-state index is 0.0162. The molecule has 1 heterocycles. The first-order valence-corrected chi connectivity index (χ1v) is 9.98. The summed E-state index contributed by atoms with van der Waals surface area (Å²) in [4.78, 5) is 0.251. The summed E-state index contributed by atoms with van der Waals surface area (Å²) in [7, 11) is -3.51. The molecule has 0 amide bonds. The molecule has 0 bridgehead atoms. The van der Waals surface area contributed by atoms with Crippen molar-refractivity contribution in [3.63, 3.8) is 0 Å². The van der Waals surface area contributed by atoms with Crippen molar-refractivity contribution in [2.45, 2.75) is 62.4 Å². The molecule has 1 aliphatic rings. The number of nitrogens with zero attached hydrogens (tertiary/aromatic N) is 1. The maximum atomic E-state index is 12.5. The van der Waals surface area contributed by atoms with Crippen LogP contribution in [-0.4, -0.2) is 35.1 Å². The highest BCUT2D eigenvalue weighted by molar-refractivity contribution is 8.00. The molecule has 0 saturated heterocycles. The first-order chi connectivity index (χ1) is 10.0. The minimum atomic E-state index is -3.51. The summed E-state index contributed by atoms with van der Waals surface area (Å²) >= 11 is 1.83. The normalized spacial score (nSPS) is 22.8. The van der Waals surface area contributed by atoms with E-state index in [1.165, 1.54) is 0 Å². The van der Waals surface area contributed by atoms with Gasteiger partial charge in [-0.3, -0.25) is 0 Å². The quantitative estimate of drug-likeness (QED) is 0.801. The lowest BCUT2D eigenvalue weighted by Gasteiger charge is -2.19. The van der Waals surface area contributed by atoms with E-state index in [1.54, 1.807) is 16.8 Å². The van der Waals surface area contributed by atoms with Crippen LogP contribution < -0.4 is 4.72 Å². The van der Waals surface area contributed by atoms with Crippen molar-refractivity contribution in [2.75, 3.05) is 5.75 Å². The highest BCUT2D eigenvalue weighted by atomic mass is 32.2. The van der Waals surface area contributed by atoms with Gasteiger partial charge in [0.15, 0.2) is 0 Å². The van der Waals surface area contributed by atoms with Crippen molar-refractivity contribution >= 4 is 21.8 Å². The predicted octanol–water partition coefficient (Wildman–Crippen LogP) is 1.95. The fourth-order valence-electron chi connectivity index (χ4n) is 2.84. The fraction of sp³-hybridized carbons (Fsp3) is 0.714. The lowest BCUT2D eigenvalue weighted by molar-refractivity contribution is 0.271. The molecule has 0 aromatic carbocycles. The van der Waals surface area contributed by atoms with E-state index < -0.39 is 10.0 Å². The third-order valence-corrected chi connectivity index (χ3v) is 6.70. The number of aliphatic hydroxyl groups excluding tert-OH is 1. The van der Waals surface area contributed by atoms with E-state index in [1.807, 2.05) is 18.7 Å². The van der Waals surface area contributed by atoms with Crippen LogP contribution in [0.1, 0.15) is 38.8 Å². The molecule has 1 aromatic heterocycles. The molecule has 2 rings (SSSR count). The van der Waals surface area contributed by atoms with E-state index in [9.17, 15) is 13.5 Å². The standard InChI is InChI=1S/C14H24N2O3S2/c1-3-16-9-12(8-11(16)10-17)21(18,19)15-13-6-5-7-14(13)20-4-2/h8-9,13-15,17H,3-7,10H2,1-2H3. The average Bonchev–Trinajstić information content (AvgIpc) is 3.06. The second kappa shape index (κ2) is 7.17. The zero-order valence-corrected chi connectivity index (χ0v) is 14.2. The van der Waals surface area contributed by atoms with Gasteiger partial charge in [-0.05, 0) is 31.6 Å². The summed E-state index contributed by atoms with van der Waals surface area (Å²) in [5, 5.41) is 9.66. The van der Waals surface area contributed by atoms with Crippen LogP contribution in [0, 0.1) is 0 Å². The Morgan fingerprint density at radius 1 is 1.43 bits per heavy atom. The number of hydrogen-bond donors (Lipinski definition) is 2. The maximum Gasteiger partial charge on any atom is 0.242 e. The highest BCUT2D eigenvalue weighted by Gasteiger charge is 2.31. The zero-order valence-electron chi connectivity index (χ0n) is 12.6. The molecule has 1 saturated carbocycles. The van der Waals surface area contributed by atoms with Crippen LogP contribution in [0.3, 0.4) is 0 Å². The SMILES string of the molecule is CCSC1CCCC1NS(=O)(=O)c1cc(CO)n(CC)c1. The summed E-state index contributed by atoms with van der Waals surface area (Å²) in [6, 6.07) is 1.57. The number of aryl methyl sites for hydroxylation is 1. The second-order valence-corrected chi connectivity index (χ2v) is 8.49. The Hall–Kier alpha value is -0.500. The van der Waals surface area contributed by atoms with Crippen LogP contribution in [0.4, 0.5) is 0 Å². The van der Waals surface area contributed by atoms with Crippen molar-refractivity contribution in [3.8, 4) is 0 Å². The molecule has 0 radical (unpaired) electrons. The van der Waals surface area contributed by atoms with Crippen molar-refractivity contribution < 1.29 is 13.5 Å². The fourth-order valence-corrected chi connectivity index (χ4v) is 5.50. The summed E-state index contributed by atoms with van der Waals surface area (Å²) < 4.78 is 29.7. The molecule has 21 heavy (non-hydrogen) atoms. The van der Waals surface area contributed by atoms with E-state index >= 15 is 0 Å². The third-order valence-electron chi connectivity index (χ3n) is 3.91. The number of hydrogen-bond acceptors (Lipinski definition) is 4. The third kappa shape index (κ3) is 3.83. The Labute approximate surface area is 131 Å². The summed E-state index contributed by atoms with van der Waals surface area (Å²) in [6.45, 7) is 4.52. The number of thioether (sulfide) groups is 1. The van der Waals surface area contributed by atoms with Crippen LogP contribution in [0.5, 0.6) is 0 Å². The monoisotopic (exact) mass is 332 g/mol. The van der Waals surface area contributed by atoms with Gasteiger partial charge in [0.05, 0.1) is 11.5 Å². The smallest absolute Gasteiger partial charge is 0.242 e. The molecule has 120 valence electrons. The number of aromatic nitrogens is 1. The van der Waals surface area contributed by atoms with Gasteiger partial charge in [-0.1, -0.05) is 13.3 Å². The van der Waals surface area contributed by atoms with Gasteiger partial charge in [0, 0.05) is 29.7 Å². The molecule has 1 aromatic rings. The number of rotatable bonds is 7. The highest BCUT2D eigenvalue weighted by Crippen LogP contribution is 2.31. The topological polar surface area (TPSA) is 71.3 Å². The van der Waals surface area contributed by atoms with Gasteiger partial charge in [-0.2, -0.15) is 11.8 Å². The average molecular weight is 332 g/mol. The lowest BCUT2D eigenvalue weighted by atomic mass is 10.3. The molecular weight excluding hydrogens is 308 g/mol. The van der Waals surface area contributed by atoms with Crippen LogP contribution in [-0.2, 0) is 23.2 Å². The molecule has 1 aliphatic carbocycles. The Bertz CT molecular complexity index is 547.